The van der Waals surface area contributed by atoms with Gasteiger partial charge < -0.3 is 14.1 Å². The van der Waals surface area contributed by atoms with Crippen molar-refractivity contribution < 1.29 is 18.3 Å². The molecule has 0 radical (unpaired) electrons. The van der Waals surface area contributed by atoms with Crippen molar-refractivity contribution in [2.75, 3.05) is 20.2 Å². The molecule has 1 aromatic heterocycles. The Labute approximate surface area is 157 Å². The van der Waals surface area contributed by atoms with E-state index in [1.54, 1.807) is 36.4 Å². The summed E-state index contributed by atoms with van der Waals surface area (Å²) in [4.78, 5) is 14.2. The van der Waals surface area contributed by atoms with E-state index in [4.69, 9.17) is 9.15 Å². The summed E-state index contributed by atoms with van der Waals surface area (Å²) in [5.74, 6) is -0.216. The van der Waals surface area contributed by atoms with Crippen molar-refractivity contribution >= 4 is 16.9 Å². The van der Waals surface area contributed by atoms with Crippen molar-refractivity contribution in [1.29, 1.82) is 0 Å². The van der Waals surface area contributed by atoms with Crippen LogP contribution in [-0.2, 0) is 24.1 Å². The molecule has 0 aliphatic heterocycles. The number of rotatable bonds is 6. The third-order valence-corrected chi connectivity index (χ3v) is 5.16. The highest BCUT2D eigenvalue weighted by atomic mass is 19.1. The lowest BCUT2D eigenvalue weighted by Gasteiger charge is -2.17. The largest absolute Gasteiger partial charge is 0.489 e. The van der Waals surface area contributed by atoms with Gasteiger partial charge in [0.15, 0.2) is 11.6 Å². The van der Waals surface area contributed by atoms with Crippen LogP contribution in [0.4, 0.5) is 4.39 Å². The normalized spacial score (nSPS) is 13.0. The first-order valence-electron chi connectivity index (χ1n) is 9.25. The number of fused-ring (bicyclic) bond motifs is 2. The van der Waals surface area contributed by atoms with Crippen LogP contribution in [-0.4, -0.2) is 31.0 Å². The maximum atomic E-state index is 13.6. The fourth-order valence-corrected chi connectivity index (χ4v) is 3.56. The Bertz CT molecular complexity index is 979. The van der Waals surface area contributed by atoms with Crippen LogP contribution in [0.2, 0.25) is 0 Å². The van der Waals surface area contributed by atoms with Crippen molar-refractivity contribution in [2.24, 2.45) is 0 Å². The molecule has 0 fully saturated rings. The molecule has 1 aliphatic carbocycles. The van der Waals surface area contributed by atoms with E-state index < -0.39 is 5.82 Å². The fourth-order valence-electron chi connectivity index (χ4n) is 3.56. The average Bonchev–Trinajstić information content (AvgIpc) is 3.28. The van der Waals surface area contributed by atoms with Gasteiger partial charge in [0.1, 0.15) is 12.2 Å². The molecule has 140 valence electrons. The third-order valence-electron chi connectivity index (χ3n) is 5.16. The molecule has 0 unspecified atom stereocenters. The molecular weight excluding hydrogens is 345 g/mol. The zero-order valence-corrected chi connectivity index (χ0v) is 15.3. The molecule has 5 heteroatoms. The van der Waals surface area contributed by atoms with Crippen molar-refractivity contribution in [1.82, 2.24) is 4.90 Å². The summed E-state index contributed by atoms with van der Waals surface area (Å²) >= 11 is 0. The lowest BCUT2D eigenvalue weighted by atomic mass is 10.0. The highest BCUT2D eigenvalue weighted by Gasteiger charge is 2.18. The molecule has 2 aromatic carbocycles. The summed E-state index contributed by atoms with van der Waals surface area (Å²) in [6, 6.07) is 10.5. The van der Waals surface area contributed by atoms with Gasteiger partial charge in [-0.3, -0.25) is 4.79 Å². The zero-order chi connectivity index (χ0) is 18.8. The molecule has 0 atom stereocenters. The SMILES string of the molecule is CN(CCOc1ccccc1F)C(=O)Cc1coc2cc3c(cc12)CCC3. The van der Waals surface area contributed by atoms with E-state index in [1.807, 2.05) is 0 Å². The lowest BCUT2D eigenvalue weighted by Crippen LogP contribution is -2.32. The molecule has 27 heavy (non-hydrogen) atoms. The van der Waals surface area contributed by atoms with Crippen molar-refractivity contribution in [3.05, 3.63) is 65.2 Å². The van der Waals surface area contributed by atoms with Crippen LogP contribution >= 0.6 is 0 Å². The predicted molar refractivity (Wildman–Crippen MR) is 101 cm³/mol. The highest BCUT2D eigenvalue weighted by Crippen LogP contribution is 2.30. The van der Waals surface area contributed by atoms with Crippen molar-refractivity contribution in [2.45, 2.75) is 25.7 Å². The van der Waals surface area contributed by atoms with E-state index in [0.717, 1.165) is 29.4 Å². The first-order valence-corrected chi connectivity index (χ1v) is 9.25. The molecule has 4 nitrogen and oxygen atoms in total. The second kappa shape index (κ2) is 7.43. The van der Waals surface area contributed by atoms with Crippen LogP contribution in [0.25, 0.3) is 11.0 Å². The fraction of sp³-hybridized carbons (Fsp3) is 0.318. The summed E-state index contributed by atoms with van der Waals surface area (Å²) in [5.41, 5.74) is 4.48. The van der Waals surface area contributed by atoms with Gasteiger partial charge >= 0.3 is 0 Å². The van der Waals surface area contributed by atoms with Crippen molar-refractivity contribution in [3.63, 3.8) is 0 Å². The number of hydrogen-bond donors (Lipinski definition) is 0. The topological polar surface area (TPSA) is 42.7 Å². The number of likely N-dealkylation sites (N-methyl/N-ethyl adjacent to an activating group) is 1. The number of halogens is 1. The van der Waals surface area contributed by atoms with Crippen LogP contribution in [0.5, 0.6) is 5.75 Å². The van der Waals surface area contributed by atoms with Gasteiger partial charge in [0.25, 0.3) is 0 Å². The molecule has 3 aromatic rings. The number of carbonyl (C=O) groups is 1. The van der Waals surface area contributed by atoms with E-state index in [2.05, 4.69) is 12.1 Å². The first kappa shape index (κ1) is 17.6. The van der Waals surface area contributed by atoms with Gasteiger partial charge in [0.05, 0.1) is 19.2 Å². The zero-order valence-electron chi connectivity index (χ0n) is 15.3. The molecule has 0 saturated heterocycles. The first-order chi connectivity index (χ1) is 13.1. The van der Waals surface area contributed by atoms with E-state index >= 15 is 0 Å². The van der Waals surface area contributed by atoms with Crippen LogP contribution in [0, 0.1) is 5.82 Å². The molecule has 4 rings (SSSR count). The van der Waals surface area contributed by atoms with Gasteiger partial charge in [-0.1, -0.05) is 12.1 Å². The van der Waals surface area contributed by atoms with E-state index in [9.17, 15) is 9.18 Å². The van der Waals surface area contributed by atoms with Crippen molar-refractivity contribution in [3.8, 4) is 5.75 Å². The molecule has 0 N–H and O–H groups in total. The second-order valence-electron chi connectivity index (χ2n) is 7.00. The standard InChI is InChI=1S/C22H22FNO3/c1-24(9-10-26-20-8-3-2-7-19(20)23)22(25)13-17-14-27-21-12-16-6-4-5-15(16)11-18(17)21/h2-3,7-8,11-12,14H,4-6,9-10,13H2,1H3. The summed E-state index contributed by atoms with van der Waals surface area (Å²) in [7, 11) is 1.73. The summed E-state index contributed by atoms with van der Waals surface area (Å²) in [6.07, 6.45) is 5.34. The van der Waals surface area contributed by atoms with Gasteiger partial charge in [-0.05, 0) is 54.7 Å². The Kier molecular flexibility index (Phi) is 4.84. The smallest absolute Gasteiger partial charge is 0.226 e. The summed E-state index contributed by atoms with van der Waals surface area (Å²) in [5, 5.41) is 1.03. The van der Waals surface area contributed by atoms with Crippen LogP contribution in [0.1, 0.15) is 23.1 Å². The van der Waals surface area contributed by atoms with Gasteiger partial charge in [-0.15, -0.1) is 0 Å². The third kappa shape index (κ3) is 3.68. The predicted octanol–water partition coefficient (Wildman–Crippen LogP) is 4.14. The number of ether oxygens (including phenoxy) is 1. The van der Waals surface area contributed by atoms with Gasteiger partial charge in [-0.25, -0.2) is 4.39 Å². The number of benzene rings is 2. The number of furan rings is 1. The quantitative estimate of drug-likeness (QED) is 0.658. The number of amides is 1. The van der Waals surface area contributed by atoms with E-state index in [1.165, 1.54) is 23.6 Å². The highest BCUT2D eigenvalue weighted by molar-refractivity contribution is 5.88. The Morgan fingerprint density at radius 2 is 2.00 bits per heavy atom. The second-order valence-corrected chi connectivity index (χ2v) is 7.00. The molecular formula is C22H22FNO3. The molecule has 0 saturated carbocycles. The minimum absolute atomic E-state index is 0.0182. The maximum absolute atomic E-state index is 13.6. The number of carbonyl (C=O) groups excluding carboxylic acids is 1. The Morgan fingerprint density at radius 1 is 1.22 bits per heavy atom. The van der Waals surface area contributed by atoms with Gasteiger partial charge in [-0.2, -0.15) is 0 Å². The summed E-state index contributed by atoms with van der Waals surface area (Å²) < 4.78 is 24.6. The van der Waals surface area contributed by atoms with Crippen LogP contribution in [0.3, 0.4) is 0 Å². The Balaban J connectivity index is 1.37. The van der Waals surface area contributed by atoms with Crippen LogP contribution in [0.15, 0.2) is 47.1 Å². The Hall–Kier alpha value is -2.82. The molecule has 0 bridgehead atoms. The number of aryl methyl sites for hydroxylation is 2. The number of nitrogens with zero attached hydrogens (tertiary/aromatic N) is 1. The monoisotopic (exact) mass is 367 g/mol. The van der Waals surface area contributed by atoms with Gasteiger partial charge in [0, 0.05) is 18.0 Å². The number of hydrogen-bond acceptors (Lipinski definition) is 3. The lowest BCUT2D eigenvalue weighted by molar-refractivity contribution is -0.129. The average molecular weight is 367 g/mol. The van der Waals surface area contributed by atoms with Gasteiger partial charge in [0.2, 0.25) is 5.91 Å². The molecule has 1 aliphatic rings. The van der Waals surface area contributed by atoms with Crippen LogP contribution < -0.4 is 4.74 Å². The molecule has 0 spiro atoms. The molecule has 1 amide bonds. The Morgan fingerprint density at radius 3 is 2.81 bits per heavy atom. The summed E-state index contributed by atoms with van der Waals surface area (Å²) in [6.45, 7) is 0.626. The minimum atomic E-state index is -0.399. The number of para-hydroxylation sites is 1. The van der Waals surface area contributed by atoms with E-state index in [0.29, 0.717) is 6.54 Å². The van der Waals surface area contributed by atoms with E-state index in [-0.39, 0.29) is 24.7 Å². The molecule has 1 heterocycles. The minimum Gasteiger partial charge on any atom is -0.489 e. The maximum Gasteiger partial charge on any atom is 0.226 e.